The van der Waals surface area contributed by atoms with Crippen LogP contribution in [-0.4, -0.2) is 21.2 Å². The van der Waals surface area contributed by atoms with Crippen molar-refractivity contribution in [1.82, 2.24) is 9.55 Å². The number of hydrogen-bond donors (Lipinski definition) is 0. The topological polar surface area (TPSA) is 58.7 Å². The molecule has 0 fully saturated rings. The molecule has 0 aliphatic heterocycles. The fourth-order valence-electron chi connectivity index (χ4n) is 3.71. The summed E-state index contributed by atoms with van der Waals surface area (Å²) in [5, 5.41) is 12.3. The monoisotopic (exact) mass is 413 g/mol. The third-order valence-corrected chi connectivity index (χ3v) is 6.20. The van der Waals surface area contributed by atoms with Crippen LogP contribution < -0.4 is 0 Å². The standard InChI is InChI=1S/C25H23N3OS/c1-2-3-8-19-14-13-18(17-26)25(27-19)30-16-15-24(29)28-22-11-6-4-9-20(22)21-10-5-7-12-23(21)28/h4-7,9-14H,2-3,8,15-16H2,1H3. The summed E-state index contributed by atoms with van der Waals surface area (Å²) in [4.78, 5) is 17.8. The first-order valence-electron chi connectivity index (χ1n) is 10.3. The van der Waals surface area contributed by atoms with Crippen molar-refractivity contribution in [1.29, 1.82) is 5.26 Å². The molecule has 5 heteroatoms. The highest BCUT2D eigenvalue weighted by Crippen LogP contribution is 2.29. The fourth-order valence-corrected chi connectivity index (χ4v) is 4.63. The maximum atomic E-state index is 13.2. The number of nitriles is 1. The number of thioether (sulfide) groups is 1. The van der Waals surface area contributed by atoms with Crippen molar-refractivity contribution in [3.05, 3.63) is 71.9 Å². The number of hydrogen-bond acceptors (Lipinski definition) is 4. The van der Waals surface area contributed by atoms with Gasteiger partial charge in [-0.05, 0) is 37.1 Å². The Hall–Kier alpha value is -3.10. The molecular weight excluding hydrogens is 390 g/mol. The van der Waals surface area contributed by atoms with Crippen molar-refractivity contribution in [2.24, 2.45) is 0 Å². The summed E-state index contributed by atoms with van der Waals surface area (Å²) in [6.45, 7) is 2.15. The molecule has 0 spiro atoms. The molecule has 30 heavy (non-hydrogen) atoms. The highest BCUT2D eigenvalue weighted by atomic mass is 32.2. The van der Waals surface area contributed by atoms with Crippen molar-refractivity contribution in [3.63, 3.8) is 0 Å². The van der Waals surface area contributed by atoms with E-state index >= 15 is 0 Å². The van der Waals surface area contributed by atoms with E-state index in [1.54, 1.807) is 0 Å². The van der Waals surface area contributed by atoms with Crippen molar-refractivity contribution >= 4 is 39.5 Å². The van der Waals surface area contributed by atoms with Crippen LogP contribution in [0.25, 0.3) is 21.8 Å². The van der Waals surface area contributed by atoms with Crippen LogP contribution in [0.2, 0.25) is 0 Å². The molecule has 150 valence electrons. The number of carbonyl (C=O) groups is 1. The number of pyridine rings is 1. The summed E-state index contributed by atoms with van der Waals surface area (Å²) in [5.74, 6) is 0.638. The van der Waals surface area contributed by atoms with Gasteiger partial charge in [-0.3, -0.25) is 9.36 Å². The van der Waals surface area contributed by atoms with Crippen LogP contribution in [0.5, 0.6) is 0 Å². The molecule has 2 aromatic carbocycles. The van der Waals surface area contributed by atoms with Crippen molar-refractivity contribution < 1.29 is 4.79 Å². The molecule has 0 bridgehead atoms. The Bertz CT molecular complexity index is 1200. The fraction of sp³-hybridized carbons (Fsp3) is 0.240. The average Bonchev–Trinajstić information content (AvgIpc) is 3.12. The van der Waals surface area contributed by atoms with E-state index in [4.69, 9.17) is 0 Å². The molecule has 0 aliphatic rings. The number of carbonyl (C=O) groups excluding carboxylic acids is 1. The van der Waals surface area contributed by atoms with Crippen LogP contribution in [0.3, 0.4) is 0 Å². The number of para-hydroxylation sites is 2. The molecule has 0 unspecified atom stereocenters. The van der Waals surface area contributed by atoms with Gasteiger partial charge in [-0.2, -0.15) is 5.26 Å². The lowest BCUT2D eigenvalue weighted by Crippen LogP contribution is -2.11. The number of unbranched alkanes of at least 4 members (excludes halogenated alkanes) is 1. The molecule has 2 heterocycles. The van der Waals surface area contributed by atoms with E-state index in [0.717, 1.165) is 51.8 Å². The lowest BCUT2D eigenvalue weighted by molar-refractivity contribution is 0.0920. The molecule has 0 aliphatic carbocycles. The van der Waals surface area contributed by atoms with E-state index < -0.39 is 0 Å². The van der Waals surface area contributed by atoms with Gasteiger partial charge in [-0.25, -0.2) is 4.98 Å². The average molecular weight is 414 g/mol. The van der Waals surface area contributed by atoms with Gasteiger partial charge in [-0.15, -0.1) is 11.8 Å². The van der Waals surface area contributed by atoms with Gasteiger partial charge in [0.05, 0.1) is 16.6 Å². The minimum Gasteiger partial charge on any atom is -0.280 e. The van der Waals surface area contributed by atoms with E-state index in [0.29, 0.717) is 17.7 Å². The molecule has 0 saturated carbocycles. The highest BCUT2D eigenvalue weighted by Gasteiger charge is 2.16. The Labute approximate surface area is 180 Å². The molecule has 0 amide bonds. The van der Waals surface area contributed by atoms with Crippen LogP contribution in [-0.2, 0) is 6.42 Å². The number of rotatable bonds is 7. The lowest BCUT2D eigenvalue weighted by atomic mass is 10.2. The van der Waals surface area contributed by atoms with Crippen LogP contribution in [0, 0.1) is 11.3 Å². The van der Waals surface area contributed by atoms with E-state index in [2.05, 4.69) is 30.1 Å². The third-order valence-electron chi connectivity index (χ3n) is 5.21. The van der Waals surface area contributed by atoms with Crippen LogP contribution in [0.15, 0.2) is 65.7 Å². The number of aromatic nitrogens is 2. The van der Waals surface area contributed by atoms with Crippen LogP contribution in [0.1, 0.15) is 42.2 Å². The molecule has 0 radical (unpaired) electrons. The number of benzene rings is 2. The van der Waals surface area contributed by atoms with E-state index in [9.17, 15) is 10.1 Å². The Kier molecular flexibility index (Phi) is 6.15. The van der Waals surface area contributed by atoms with Crippen molar-refractivity contribution in [3.8, 4) is 6.07 Å². The lowest BCUT2D eigenvalue weighted by Gasteiger charge is -2.08. The second-order valence-electron chi connectivity index (χ2n) is 7.23. The third kappa shape index (κ3) is 3.96. The quantitative estimate of drug-likeness (QED) is 0.337. The maximum Gasteiger partial charge on any atom is 0.232 e. The zero-order valence-corrected chi connectivity index (χ0v) is 17.8. The second kappa shape index (κ2) is 9.15. The molecule has 2 aromatic heterocycles. The van der Waals surface area contributed by atoms with Gasteiger partial charge in [0.1, 0.15) is 11.1 Å². The number of fused-ring (bicyclic) bond motifs is 3. The molecule has 4 nitrogen and oxygen atoms in total. The first kappa shape index (κ1) is 20.2. The summed E-state index contributed by atoms with van der Waals surface area (Å²) in [6, 6.07) is 22.0. The molecular formula is C25H23N3OS. The predicted molar refractivity (Wildman–Crippen MR) is 123 cm³/mol. The van der Waals surface area contributed by atoms with Gasteiger partial charge in [0.15, 0.2) is 0 Å². The van der Waals surface area contributed by atoms with E-state index in [1.807, 2.05) is 53.1 Å². The Balaban J connectivity index is 1.54. The van der Waals surface area contributed by atoms with Crippen molar-refractivity contribution in [2.45, 2.75) is 37.6 Å². The maximum absolute atomic E-state index is 13.2. The highest BCUT2D eigenvalue weighted by molar-refractivity contribution is 7.99. The van der Waals surface area contributed by atoms with Crippen LogP contribution >= 0.6 is 11.8 Å². The summed E-state index contributed by atoms with van der Waals surface area (Å²) in [7, 11) is 0. The van der Waals surface area contributed by atoms with Crippen molar-refractivity contribution in [2.75, 3.05) is 5.75 Å². The van der Waals surface area contributed by atoms with Gasteiger partial charge in [0.2, 0.25) is 5.91 Å². The first-order chi connectivity index (χ1) is 14.7. The number of aryl methyl sites for hydroxylation is 1. The Morgan fingerprint density at radius 3 is 2.33 bits per heavy atom. The number of nitrogens with zero attached hydrogens (tertiary/aromatic N) is 3. The summed E-state index contributed by atoms with van der Waals surface area (Å²) >= 11 is 1.49. The molecule has 4 rings (SSSR count). The zero-order valence-electron chi connectivity index (χ0n) is 17.0. The second-order valence-corrected chi connectivity index (χ2v) is 8.32. The summed E-state index contributed by atoms with van der Waals surface area (Å²) in [5.41, 5.74) is 3.45. The Morgan fingerprint density at radius 2 is 1.70 bits per heavy atom. The molecule has 0 N–H and O–H groups in total. The SMILES string of the molecule is CCCCc1ccc(C#N)c(SCCC(=O)n2c3ccccc3c3ccccc32)n1. The molecule has 4 aromatic rings. The van der Waals surface area contributed by atoms with Gasteiger partial charge in [0, 0.05) is 28.6 Å². The zero-order chi connectivity index (χ0) is 20.9. The normalized spacial score (nSPS) is 11.1. The summed E-state index contributed by atoms with van der Waals surface area (Å²) in [6.07, 6.45) is 3.47. The molecule has 0 atom stereocenters. The summed E-state index contributed by atoms with van der Waals surface area (Å²) < 4.78 is 1.82. The predicted octanol–water partition coefficient (Wildman–Crippen LogP) is 6.23. The minimum atomic E-state index is 0.0561. The smallest absolute Gasteiger partial charge is 0.232 e. The van der Waals surface area contributed by atoms with Gasteiger partial charge in [-0.1, -0.05) is 49.7 Å². The Morgan fingerprint density at radius 1 is 1.03 bits per heavy atom. The van der Waals surface area contributed by atoms with Crippen LogP contribution in [0.4, 0.5) is 0 Å². The van der Waals surface area contributed by atoms with Gasteiger partial charge >= 0.3 is 0 Å². The van der Waals surface area contributed by atoms with E-state index in [-0.39, 0.29) is 5.91 Å². The van der Waals surface area contributed by atoms with Gasteiger partial charge in [0.25, 0.3) is 0 Å². The minimum absolute atomic E-state index is 0.0561. The van der Waals surface area contributed by atoms with E-state index in [1.165, 1.54) is 11.8 Å². The van der Waals surface area contributed by atoms with Gasteiger partial charge < -0.3 is 0 Å². The first-order valence-corrected chi connectivity index (χ1v) is 11.3. The molecule has 0 saturated heterocycles. The largest absolute Gasteiger partial charge is 0.280 e.